The normalized spacial score (nSPS) is 11.0. The largest absolute Gasteiger partial charge is 0.496 e. The SMILES string of the molecule is CCOc1ccc(/C(C)=N\NC(=O)c2cc(Br)ccc2OC)cc1[N+](=O)[O-]. The van der Waals surface area contributed by atoms with Crippen molar-refractivity contribution in [3.05, 3.63) is 62.1 Å². The Morgan fingerprint density at radius 2 is 1.96 bits per heavy atom. The van der Waals surface area contributed by atoms with E-state index in [1.165, 1.54) is 19.2 Å². The van der Waals surface area contributed by atoms with Crippen LogP contribution in [0.2, 0.25) is 0 Å². The molecule has 9 heteroatoms. The molecule has 0 heterocycles. The molecule has 0 aromatic heterocycles. The number of nitrogens with zero attached hydrogens (tertiary/aromatic N) is 2. The van der Waals surface area contributed by atoms with E-state index in [9.17, 15) is 14.9 Å². The van der Waals surface area contributed by atoms with Crippen molar-refractivity contribution in [3.8, 4) is 11.5 Å². The fraction of sp³-hybridized carbons (Fsp3) is 0.222. The smallest absolute Gasteiger partial charge is 0.311 e. The molecule has 0 aliphatic carbocycles. The number of carbonyl (C=O) groups is 1. The van der Waals surface area contributed by atoms with Crippen LogP contribution in [0.1, 0.15) is 29.8 Å². The van der Waals surface area contributed by atoms with Gasteiger partial charge in [-0.3, -0.25) is 14.9 Å². The Hall–Kier alpha value is -2.94. The first-order valence-corrected chi connectivity index (χ1v) is 8.76. The molecule has 8 nitrogen and oxygen atoms in total. The van der Waals surface area contributed by atoms with E-state index in [0.29, 0.717) is 29.2 Å². The summed E-state index contributed by atoms with van der Waals surface area (Å²) in [6, 6.07) is 9.53. The predicted octanol–water partition coefficient (Wildman–Crippen LogP) is 3.92. The first-order chi connectivity index (χ1) is 12.9. The molecular weight excluding hydrogens is 418 g/mol. The van der Waals surface area contributed by atoms with Crippen LogP contribution in [-0.2, 0) is 0 Å². The summed E-state index contributed by atoms with van der Waals surface area (Å²) in [5.74, 6) is 0.121. The Morgan fingerprint density at radius 3 is 2.59 bits per heavy atom. The fourth-order valence-electron chi connectivity index (χ4n) is 2.28. The van der Waals surface area contributed by atoms with Gasteiger partial charge in [0.25, 0.3) is 5.91 Å². The first kappa shape index (κ1) is 20.4. The highest BCUT2D eigenvalue weighted by molar-refractivity contribution is 9.10. The molecule has 1 N–H and O–H groups in total. The molecule has 0 fully saturated rings. The zero-order valence-electron chi connectivity index (χ0n) is 15.0. The van der Waals surface area contributed by atoms with Crippen LogP contribution in [0.3, 0.4) is 0 Å². The standard InChI is InChI=1S/C18H18BrN3O5/c1-4-27-17-7-5-12(9-15(17)22(24)25)11(2)20-21-18(23)14-10-13(19)6-8-16(14)26-3/h5-10H,4H2,1-3H3,(H,21,23)/b20-11-. The van der Waals surface area contributed by atoms with Crippen LogP contribution in [0.15, 0.2) is 46.0 Å². The van der Waals surface area contributed by atoms with Gasteiger partial charge in [0.1, 0.15) is 5.75 Å². The Morgan fingerprint density at radius 1 is 1.26 bits per heavy atom. The number of hydrogen-bond donors (Lipinski definition) is 1. The summed E-state index contributed by atoms with van der Waals surface area (Å²) >= 11 is 3.30. The lowest BCUT2D eigenvalue weighted by Gasteiger charge is -2.09. The molecule has 0 bridgehead atoms. The Labute approximate surface area is 164 Å². The van der Waals surface area contributed by atoms with E-state index < -0.39 is 10.8 Å². The lowest BCUT2D eigenvalue weighted by molar-refractivity contribution is -0.385. The zero-order chi connectivity index (χ0) is 20.0. The molecule has 2 aromatic carbocycles. The lowest BCUT2D eigenvalue weighted by Crippen LogP contribution is -2.20. The van der Waals surface area contributed by atoms with Gasteiger partial charge < -0.3 is 9.47 Å². The molecule has 142 valence electrons. The van der Waals surface area contributed by atoms with Gasteiger partial charge >= 0.3 is 5.69 Å². The molecule has 0 atom stereocenters. The summed E-state index contributed by atoms with van der Waals surface area (Å²) in [6.45, 7) is 3.70. The topological polar surface area (TPSA) is 103 Å². The average Bonchev–Trinajstić information content (AvgIpc) is 2.66. The summed E-state index contributed by atoms with van der Waals surface area (Å²) in [6.07, 6.45) is 0. The summed E-state index contributed by atoms with van der Waals surface area (Å²) in [7, 11) is 1.47. The maximum absolute atomic E-state index is 12.4. The van der Waals surface area contributed by atoms with Gasteiger partial charge in [0, 0.05) is 16.1 Å². The molecule has 2 aromatic rings. The van der Waals surface area contributed by atoms with Crippen LogP contribution in [0.4, 0.5) is 5.69 Å². The minimum Gasteiger partial charge on any atom is -0.496 e. The van der Waals surface area contributed by atoms with Crippen LogP contribution in [0.5, 0.6) is 11.5 Å². The zero-order valence-corrected chi connectivity index (χ0v) is 16.6. The number of hydrazone groups is 1. The number of hydrogen-bond acceptors (Lipinski definition) is 6. The van der Waals surface area contributed by atoms with Crippen LogP contribution in [-0.4, -0.2) is 30.3 Å². The van der Waals surface area contributed by atoms with Gasteiger partial charge in [-0.05, 0) is 44.2 Å². The van der Waals surface area contributed by atoms with Crippen molar-refractivity contribution in [1.82, 2.24) is 5.43 Å². The second-order valence-corrected chi connectivity index (χ2v) is 6.27. The van der Waals surface area contributed by atoms with E-state index in [2.05, 4.69) is 26.5 Å². The molecule has 0 unspecified atom stereocenters. The van der Waals surface area contributed by atoms with Crippen molar-refractivity contribution in [1.29, 1.82) is 0 Å². The van der Waals surface area contributed by atoms with Crippen molar-refractivity contribution in [2.45, 2.75) is 13.8 Å². The molecule has 0 radical (unpaired) electrons. The third-order valence-corrected chi connectivity index (χ3v) is 4.10. The minimum absolute atomic E-state index is 0.163. The second-order valence-electron chi connectivity index (χ2n) is 5.36. The van der Waals surface area contributed by atoms with Crippen molar-refractivity contribution in [3.63, 3.8) is 0 Å². The molecule has 0 saturated carbocycles. The Balaban J connectivity index is 2.25. The molecule has 0 saturated heterocycles. The number of nitro benzene ring substituents is 1. The van der Waals surface area contributed by atoms with E-state index in [1.807, 2.05) is 0 Å². The third kappa shape index (κ3) is 5.04. The number of nitro groups is 1. The minimum atomic E-state index is -0.521. The van der Waals surface area contributed by atoms with Crippen molar-refractivity contribution >= 4 is 33.2 Å². The van der Waals surface area contributed by atoms with Crippen molar-refractivity contribution in [2.24, 2.45) is 5.10 Å². The van der Waals surface area contributed by atoms with E-state index in [4.69, 9.17) is 9.47 Å². The number of methoxy groups -OCH3 is 1. The highest BCUT2D eigenvalue weighted by Crippen LogP contribution is 2.28. The van der Waals surface area contributed by atoms with Gasteiger partial charge in [-0.15, -0.1) is 0 Å². The van der Waals surface area contributed by atoms with Gasteiger partial charge in [0.15, 0.2) is 5.75 Å². The van der Waals surface area contributed by atoms with Crippen LogP contribution >= 0.6 is 15.9 Å². The summed E-state index contributed by atoms with van der Waals surface area (Å²) in [5.41, 5.74) is 3.48. The lowest BCUT2D eigenvalue weighted by atomic mass is 10.1. The average molecular weight is 436 g/mol. The van der Waals surface area contributed by atoms with Crippen LogP contribution in [0.25, 0.3) is 0 Å². The van der Waals surface area contributed by atoms with Gasteiger partial charge in [0.2, 0.25) is 0 Å². The van der Waals surface area contributed by atoms with E-state index in [0.717, 1.165) is 4.47 Å². The fourth-order valence-corrected chi connectivity index (χ4v) is 2.64. The number of benzene rings is 2. The van der Waals surface area contributed by atoms with E-state index in [-0.39, 0.29) is 11.4 Å². The monoisotopic (exact) mass is 435 g/mol. The second kappa shape index (κ2) is 9.13. The summed E-state index contributed by atoms with van der Waals surface area (Å²) in [4.78, 5) is 23.1. The highest BCUT2D eigenvalue weighted by atomic mass is 79.9. The quantitative estimate of drug-likeness (QED) is 0.403. The molecule has 0 spiro atoms. The number of rotatable bonds is 7. The molecular formula is C18H18BrN3O5. The molecule has 2 rings (SSSR count). The Kier molecular flexibility index (Phi) is 6.89. The molecule has 0 aliphatic heterocycles. The summed E-state index contributed by atoms with van der Waals surface area (Å²) < 4.78 is 11.1. The van der Waals surface area contributed by atoms with Crippen LogP contribution in [0, 0.1) is 10.1 Å². The van der Waals surface area contributed by atoms with Gasteiger partial charge in [-0.1, -0.05) is 15.9 Å². The highest BCUT2D eigenvalue weighted by Gasteiger charge is 2.17. The van der Waals surface area contributed by atoms with Gasteiger partial charge in [-0.25, -0.2) is 5.43 Å². The molecule has 0 aliphatic rings. The number of amides is 1. The maximum Gasteiger partial charge on any atom is 0.311 e. The molecule has 1 amide bonds. The summed E-state index contributed by atoms with van der Waals surface area (Å²) in [5, 5.41) is 15.3. The maximum atomic E-state index is 12.4. The molecule has 27 heavy (non-hydrogen) atoms. The van der Waals surface area contributed by atoms with Crippen LogP contribution < -0.4 is 14.9 Å². The van der Waals surface area contributed by atoms with E-state index in [1.54, 1.807) is 38.1 Å². The number of nitrogens with one attached hydrogen (secondary N) is 1. The third-order valence-electron chi connectivity index (χ3n) is 3.60. The first-order valence-electron chi connectivity index (χ1n) is 7.97. The van der Waals surface area contributed by atoms with Crippen molar-refractivity contribution in [2.75, 3.05) is 13.7 Å². The number of ether oxygens (including phenoxy) is 2. The van der Waals surface area contributed by atoms with Gasteiger partial charge in [-0.2, -0.15) is 5.10 Å². The number of halogens is 1. The van der Waals surface area contributed by atoms with Gasteiger partial charge in [0.05, 0.1) is 29.9 Å². The van der Waals surface area contributed by atoms with Crippen molar-refractivity contribution < 1.29 is 19.2 Å². The van der Waals surface area contributed by atoms with E-state index >= 15 is 0 Å². The predicted molar refractivity (Wildman–Crippen MR) is 105 cm³/mol. The Bertz CT molecular complexity index is 899. The number of carbonyl (C=O) groups excluding carboxylic acids is 1.